The van der Waals surface area contributed by atoms with E-state index in [4.69, 9.17) is 4.42 Å². The molecule has 172 valence electrons. The molecule has 0 spiro atoms. The van der Waals surface area contributed by atoms with Gasteiger partial charge in [0, 0.05) is 12.7 Å². The molecule has 3 rings (SSSR count). The minimum absolute atomic E-state index is 0.0735. The molecule has 32 heavy (non-hydrogen) atoms. The highest BCUT2D eigenvalue weighted by Gasteiger charge is 2.35. The van der Waals surface area contributed by atoms with Crippen molar-refractivity contribution in [2.75, 3.05) is 13.1 Å². The predicted octanol–water partition coefficient (Wildman–Crippen LogP) is 0.968. The number of rotatable bonds is 7. The highest BCUT2D eigenvalue weighted by atomic mass is 32.2. The Labute approximate surface area is 186 Å². The fraction of sp³-hybridized carbons (Fsp3) is 0.429. The number of sulfonamides is 1. The average Bonchev–Trinajstić information content (AvgIpc) is 3.24. The van der Waals surface area contributed by atoms with Crippen LogP contribution < -0.4 is 10.6 Å². The van der Waals surface area contributed by atoms with E-state index >= 15 is 0 Å². The highest BCUT2D eigenvalue weighted by molar-refractivity contribution is 7.89. The maximum absolute atomic E-state index is 12.9. The lowest BCUT2D eigenvalue weighted by atomic mass is 10.0. The Balaban J connectivity index is 1.67. The number of ketones is 1. The van der Waals surface area contributed by atoms with Crippen molar-refractivity contribution in [3.8, 4) is 0 Å². The number of Topliss-reactive ketones (excluding diaryl/α,β-unsaturated/α-hetero) is 1. The van der Waals surface area contributed by atoms with Gasteiger partial charge in [-0.15, -0.1) is 0 Å². The number of aromatic nitrogens is 1. The molecule has 2 aromatic rings. The fourth-order valence-electron chi connectivity index (χ4n) is 3.40. The zero-order valence-electron chi connectivity index (χ0n) is 17.9. The number of hydrogen-bond acceptors (Lipinski definition) is 7. The summed E-state index contributed by atoms with van der Waals surface area (Å²) in [6, 6.07) is 5.84. The van der Waals surface area contributed by atoms with Crippen molar-refractivity contribution in [3.05, 3.63) is 48.6 Å². The first-order valence-corrected chi connectivity index (χ1v) is 11.7. The molecule has 2 N–H and O–H groups in total. The molecule has 2 amide bonds. The lowest BCUT2D eigenvalue weighted by Gasteiger charge is -2.24. The van der Waals surface area contributed by atoms with E-state index in [2.05, 4.69) is 15.6 Å². The molecular weight excluding hydrogens is 436 g/mol. The molecule has 0 aliphatic carbocycles. The Bertz CT molecular complexity index is 1050. The first-order chi connectivity index (χ1) is 15.2. The maximum atomic E-state index is 12.9. The fourth-order valence-corrected chi connectivity index (χ4v) is 4.78. The van der Waals surface area contributed by atoms with Crippen LogP contribution in [0.5, 0.6) is 0 Å². The lowest BCUT2D eigenvalue weighted by molar-refractivity contribution is -0.129. The third-order valence-electron chi connectivity index (χ3n) is 5.16. The Kier molecular flexibility index (Phi) is 7.41. The number of hydrogen-bond donors (Lipinski definition) is 2. The summed E-state index contributed by atoms with van der Waals surface area (Å²) in [6.07, 6.45) is 3.40. The van der Waals surface area contributed by atoms with Crippen LogP contribution in [0.25, 0.3) is 0 Å². The molecule has 1 saturated heterocycles. The molecule has 2 atom stereocenters. The predicted molar refractivity (Wildman–Crippen MR) is 114 cm³/mol. The van der Waals surface area contributed by atoms with Crippen molar-refractivity contribution < 1.29 is 27.2 Å². The van der Waals surface area contributed by atoms with E-state index in [-0.39, 0.29) is 36.2 Å². The molecule has 0 radical (unpaired) electrons. The number of nitrogens with zero attached hydrogens (tertiary/aromatic N) is 2. The first kappa shape index (κ1) is 23.6. The average molecular weight is 463 g/mol. The van der Waals surface area contributed by atoms with Crippen LogP contribution in [0, 0.1) is 5.92 Å². The van der Waals surface area contributed by atoms with E-state index in [0.717, 1.165) is 4.31 Å². The number of nitrogens with one attached hydrogen (secondary N) is 2. The Morgan fingerprint density at radius 1 is 1.22 bits per heavy atom. The second-order valence-electron chi connectivity index (χ2n) is 7.85. The van der Waals surface area contributed by atoms with Gasteiger partial charge in [-0.25, -0.2) is 13.4 Å². The van der Waals surface area contributed by atoms with Gasteiger partial charge in [0.2, 0.25) is 5.91 Å². The monoisotopic (exact) mass is 462 g/mol. The van der Waals surface area contributed by atoms with E-state index in [1.165, 1.54) is 24.6 Å². The standard InChI is InChI=1S/C21H26N4O6S/c1-14(2)19(24-20(27)17-8-6-12-31-17)21(28)23-15-7-5-11-25(13-16(15)26)32(29,30)18-9-3-4-10-22-18/h3-4,6,8-10,12,14-15,19H,5,7,11,13H2,1-2H3,(H,23,28)(H,24,27). The number of carbonyl (C=O) groups is 3. The molecule has 11 heteroatoms. The number of amides is 2. The van der Waals surface area contributed by atoms with Crippen LogP contribution >= 0.6 is 0 Å². The highest BCUT2D eigenvalue weighted by Crippen LogP contribution is 2.18. The van der Waals surface area contributed by atoms with Crippen molar-refractivity contribution >= 4 is 27.6 Å². The topological polar surface area (TPSA) is 139 Å². The first-order valence-electron chi connectivity index (χ1n) is 10.3. The summed E-state index contributed by atoms with van der Waals surface area (Å²) in [5.74, 6) is -1.65. The zero-order valence-corrected chi connectivity index (χ0v) is 18.7. The normalized spacial score (nSPS) is 18.7. The molecule has 0 aromatic carbocycles. The summed E-state index contributed by atoms with van der Waals surface area (Å²) in [7, 11) is -3.92. The number of furan rings is 1. The lowest BCUT2D eigenvalue weighted by Crippen LogP contribution is -2.54. The quantitative estimate of drug-likeness (QED) is 0.625. The smallest absolute Gasteiger partial charge is 0.287 e. The third-order valence-corrected chi connectivity index (χ3v) is 6.92. The van der Waals surface area contributed by atoms with Gasteiger partial charge in [-0.1, -0.05) is 19.9 Å². The van der Waals surface area contributed by atoms with Crippen LogP contribution in [-0.2, 0) is 19.6 Å². The summed E-state index contributed by atoms with van der Waals surface area (Å²) in [4.78, 5) is 41.8. The second kappa shape index (κ2) is 10.0. The molecular formula is C21H26N4O6S. The SMILES string of the molecule is CC(C)C(NC(=O)c1ccco1)C(=O)NC1CCCN(S(=O)(=O)c2ccccn2)CC1=O. The molecule has 0 saturated carbocycles. The molecule has 2 aromatic heterocycles. The van der Waals surface area contributed by atoms with E-state index < -0.39 is 39.7 Å². The molecule has 1 fully saturated rings. The van der Waals surface area contributed by atoms with Crippen molar-refractivity contribution in [2.45, 2.75) is 43.8 Å². The van der Waals surface area contributed by atoms with Crippen LogP contribution in [0.1, 0.15) is 37.2 Å². The summed E-state index contributed by atoms with van der Waals surface area (Å²) in [5.41, 5.74) is 0. The summed E-state index contributed by atoms with van der Waals surface area (Å²) in [6.45, 7) is 3.31. The second-order valence-corrected chi connectivity index (χ2v) is 9.73. The van der Waals surface area contributed by atoms with Gasteiger partial charge < -0.3 is 15.1 Å². The summed E-state index contributed by atoms with van der Waals surface area (Å²) >= 11 is 0. The molecule has 1 aliphatic heterocycles. The van der Waals surface area contributed by atoms with Crippen molar-refractivity contribution in [2.24, 2.45) is 5.92 Å². The van der Waals surface area contributed by atoms with Crippen LogP contribution in [0.3, 0.4) is 0 Å². The third kappa shape index (κ3) is 5.40. The van der Waals surface area contributed by atoms with E-state index in [0.29, 0.717) is 6.42 Å². The molecule has 3 heterocycles. The summed E-state index contributed by atoms with van der Waals surface area (Å²) in [5, 5.41) is 5.18. The van der Waals surface area contributed by atoms with Gasteiger partial charge in [0.05, 0.1) is 18.8 Å². The molecule has 10 nitrogen and oxygen atoms in total. The Hall–Kier alpha value is -3.05. The molecule has 2 unspecified atom stereocenters. The maximum Gasteiger partial charge on any atom is 0.287 e. The number of pyridine rings is 1. The van der Waals surface area contributed by atoms with E-state index in [9.17, 15) is 22.8 Å². The van der Waals surface area contributed by atoms with Gasteiger partial charge in [-0.2, -0.15) is 4.31 Å². The van der Waals surface area contributed by atoms with Gasteiger partial charge in [0.25, 0.3) is 15.9 Å². The number of carbonyl (C=O) groups excluding carboxylic acids is 3. The van der Waals surface area contributed by atoms with Gasteiger partial charge in [0.15, 0.2) is 16.6 Å². The van der Waals surface area contributed by atoms with Crippen molar-refractivity contribution in [1.82, 2.24) is 19.9 Å². The molecule has 1 aliphatic rings. The Morgan fingerprint density at radius 3 is 2.62 bits per heavy atom. The van der Waals surface area contributed by atoms with Gasteiger partial charge >= 0.3 is 0 Å². The van der Waals surface area contributed by atoms with E-state index in [1.54, 1.807) is 32.0 Å². The molecule has 0 bridgehead atoms. The van der Waals surface area contributed by atoms with Crippen LogP contribution in [-0.4, -0.2) is 60.5 Å². The largest absolute Gasteiger partial charge is 0.459 e. The summed E-state index contributed by atoms with van der Waals surface area (Å²) < 4.78 is 31.8. The zero-order chi connectivity index (χ0) is 23.3. The van der Waals surface area contributed by atoms with E-state index in [1.807, 2.05) is 0 Å². The Morgan fingerprint density at radius 2 is 2.00 bits per heavy atom. The van der Waals surface area contributed by atoms with Crippen LogP contribution in [0.4, 0.5) is 0 Å². The van der Waals surface area contributed by atoms with Crippen molar-refractivity contribution in [1.29, 1.82) is 0 Å². The van der Waals surface area contributed by atoms with Gasteiger partial charge in [-0.05, 0) is 43.0 Å². The minimum atomic E-state index is -3.92. The van der Waals surface area contributed by atoms with Crippen LogP contribution in [0.2, 0.25) is 0 Å². The van der Waals surface area contributed by atoms with Gasteiger partial charge in [-0.3, -0.25) is 14.4 Å². The minimum Gasteiger partial charge on any atom is -0.459 e. The van der Waals surface area contributed by atoms with Crippen molar-refractivity contribution in [3.63, 3.8) is 0 Å². The van der Waals surface area contributed by atoms with Crippen LogP contribution in [0.15, 0.2) is 52.2 Å². The van der Waals surface area contributed by atoms with Gasteiger partial charge in [0.1, 0.15) is 6.04 Å².